The molecule has 2 aromatic carbocycles. The molecule has 0 radical (unpaired) electrons. The Hall–Kier alpha value is -3.49. The number of nitrogens with one attached hydrogen (secondary N) is 1. The number of rotatable bonds is 9. The van der Waals surface area contributed by atoms with Crippen LogP contribution in [0, 0.1) is 6.92 Å². The molecule has 34 heavy (non-hydrogen) atoms. The molecule has 8 nitrogen and oxygen atoms in total. The van der Waals surface area contributed by atoms with Crippen LogP contribution >= 0.6 is 0 Å². The third kappa shape index (κ3) is 6.30. The van der Waals surface area contributed by atoms with Gasteiger partial charge in [0.15, 0.2) is 5.82 Å². The second-order valence-corrected chi connectivity index (χ2v) is 8.34. The van der Waals surface area contributed by atoms with Crippen LogP contribution < -0.4 is 5.32 Å². The number of benzene rings is 2. The fourth-order valence-electron chi connectivity index (χ4n) is 4.09. The third-order valence-electron chi connectivity index (χ3n) is 5.84. The molecule has 0 bridgehead atoms. The molecule has 0 spiro atoms. The Balaban J connectivity index is 1.56. The van der Waals surface area contributed by atoms with E-state index in [1.165, 1.54) is 0 Å². The van der Waals surface area contributed by atoms with Gasteiger partial charge in [0, 0.05) is 32.2 Å². The first kappa shape index (κ1) is 23.7. The van der Waals surface area contributed by atoms with Crippen LogP contribution in [0.4, 0.5) is 5.82 Å². The van der Waals surface area contributed by atoms with Gasteiger partial charge in [-0.1, -0.05) is 65.8 Å². The van der Waals surface area contributed by atoms with Crippen molar-refractivity contribution in [2.45, 2.75) is 12.8 Å². The Morgan fingerprint density at radius 1 is 1.03 bits per heavy atom. The number of aromatic nitrogens is 1. The van der Waals surface area contributed by atoms with Gasteiger partial charge in [0.25, 0.3) is 0 Å². The number of hydrogen-bond donors (Lipinski definition) is 1. The first-order valence-electron chi connectivity index (χ1n) is 11.5. The standard InChI is InChI=1S/C26H30N4O4/c1-20-18-23(28-34-20)27-24(31)19-30(13-12-29-14-16-33-17-15-29)26(32)25(21-8-4-2-5-9-21)22-10-6-3-7-11-22/h2-11,18,25H,12-17,19H2,1H3,(H,27,28,31). The molecule has 8 heteroatoms. The quantitative estimate of drug-likeness (QED) is 0.526. The predicted molar refractivity (Wildman–Crippen MR) is 128 cm³/mol. The molecule has 0 aliphatic carbocycles. The number of carbonyl (C=O) groups is 2. The molecule has 1 fully saturated rings. The van der Waals surface area contributed by atoms with Gasteiger partial charge in [-0.25, -0.2) is 0 Å². The van der Waals surface area contributed by atoms with Gasteiger partial charge >= 0.3 is 0 Å². The molecule has 4 rings (SSSR count). The molecule has 1 N–H and O–H groups in total. The van der Waals surface area contributed by atoms with Crippen LogP contribution in [0.1, 0.15) is 22.8 Å². The van der Waals surface area contributed by atoms with Crippen molar-refractivity contribution in [3.63, 3.8) is 0 Å². The minimum absolute atomic E-state index is 0.0781. The number of carbonyl (C=O) groups excluding carboxylic acids is 2. The van der Waals surface area contributed by atoms with E-state index in [0.29, 0.717) is 37.9 Å². The summed E-state index contributed by atoms with van der Waals surface area (Å²) in [6.07, 6.45) is 0. The van der Waals surface area contributed by atoms with Crippen LogP contribution in [0.25, 0.3) is 0 Å². The zero-order valence-electron chi connectivity index (χ0n) is 19.4. The maximum absolute atomic E-state index is 14.0. The summed E-state index contributed by atoms with van der Waals surface area (Å²) in [6, 6.07) is 21.0. The summed E-state index contributed by atoms with van der Waals surface area (Å²) in [7, 11) is 0. The minimum atomic E-state index is -0.505. The van der Waals surface area contributed by atoms with Crippen LogP contribution in [0.3, 0.4) is 0 Å². The first-order chi connectivity index (χ1) is 16.6. The summed E-state index contributed by atoms with van der Waals surface area (Å²) in [5, 5.41) is 6.56. The van der Waals surface area contributed by atoms with Gasteiger partial charge in [-0.15, -0.1) is 0 Å². The zero-order valence-corrected chi connectivity index (χ0v) is 19.4. The van der Waals surface area contributed by atoms with Gasteiger partial charge in [-0.2, -0.15) is 0 Å². The van der Waals surface area contributed by atoms with E-state index in [1.54, 1.807) is 17.9 Å². The molecule has 2 amide bonds. The minimum Gasteiger partial charge on any atom is -0.379 e. The average molecular weight is 463 g/mol. The number of nitrogens with zero attached hydrogens (tertiary/aromatic N) is 3. The summed E-state index contributed by atoms with van der Waals surface area (Å²) in [5.74, 6) is 0.00402. The van der Waals surface area contributed by atoms with Gasteiger partial charge in [0.2, 0.25) is 11.8 Å². The summed E-state index contributed by atoms with van der Waals surface area (Å²) < 4.78 is 10.5. The Labute approximate surface area is 199 Å². The molecular weight excluding hydrogens is 432 g/mol. The summed E-state index contributed by atoms with van der Waals surface area (Å²) in [6.45, 7) is 5.76. The fourth-order valence-corrected chi connectivity index (χ4v) is 4.09. The van der Waals surface area contributed by atoms with E-state index in [1.807, 2.05) is 60.7 Å². The smallest absolute Gasteiger partial charge is 0.245 e. The summed E-state index contributed by atoms with van der Waals surface area (Å²) >= 11 is 0. The molecule has 2 heterocycles. The van der Waals surface area contributed by atoms with Crippen LogP contribution in [0.5, 0.6) is 0 Å². The first-order valence-corrected chi connectivity index (χ1v) is 11.5. The lowest BCUT2D eigenvalue weighted by Crippen LogP contribution is -2.46. The Bertz CT molecular complexity index is 1030. The van der Waals surface area contributed by atoms with E-state index < -0.39 is 5.92 Å². The van der Waals surface area contributed by atoms with E-state index >= 15 is 0 Å². The highest BCUT2D eigenvalue weighted by Gasteiger charge is 2.29. The predicted octanol–water partition coefficient (Wildman–Crippen LogP) is 2.91. The molecule has 1 aliphatic heterocycles. The fraction of sp³-hybridized carbons (Fsp3) is 0.346. The van der Waals surface area contributed by atoms with Crippen LogP contribution in [-0.4, -0.2) is 72.7 Å². The maximum Gasteiger partial charge on any atom is 0.245 e. The normalized spacial score (nSPS) is 14.2. The molecule has 1 aliphatic rings. The Kier molecular flexibility index (Phi) is 8.06. The second-order valence-electron chi connectivity index (χ2n) is 8.34. The SMILES string of the molecule is Cc1cc(NC(=O)CN(CCN2CCOCC2)C(=O)C(c2ccccc2)c2ccccc2)no1. The lowest BCUT2D eigenvalue weighted by molar-refractivity contribution is -0.135. The molecule has 1 saturated heterocycles. The lowest BCUT2D eigenvalue weighted by Gasteiger charge is -2.32. The number of anilines is 1. The number of aryl methyl sites for hydroxylation is 1. The number of amides is 2. The van der Waals surface area contributed by atoms with Crippen molar-refractivity contribution in [2.24, 2.45) is 0 Å². The number of morpholine rings is 1. The molecular formula is C26H30N4O4. The van der Waals surface area contributed by atoms with Gasteiger partial charge < -0.3 is 19.5 Å². The zero-order chi connectivity index (χ0) is 23.8. The second kappa shape index (κ2) is 11.6. The van der Waals surface area contributed by atoms with Crippen molar-refractivity contribution in [3.8, 4) is 0 Å². The van der Waals surface area contributed by atoms with Crippen molar-refractivity contribution >= 4 is 17.6 Å². The number of hydrogen-bond acceptors (Lipinski definition) is 6. The highest BCUT2D eigenvalue weighted by molar-refractivity contribution is 5.95. The van der Waals surface area contributed by atoms with E-state index in [9.17, 15) is 9.59 Å². The number of ether oxygens (including phenoxy) is 1. The Morgan fingerprint density at radius 2 is 1.65 bits per heavy atom. The topological polar surface area (TPSA) is 87.9 Å². The van der Waals surface area contributed by atoms with Crippen LogP contribution in [-0.2, 0) is 14.3 Å². The highest BCUT2D eigenvalue weighted by atomic mass is 16.5. The monoisotopic (exact) mass is 462 g/mol. The van der Waals surface area contributed by atoms with E-state index in [2.05, 4.69) is 15.4 Å². The van der Waals surface area contributed by atoms with Gasteiger partial charge in [0.05, 0.1) is 25.7 Å². The van der Waals surface area contributed by atoms with Gasteiger partial charge in [0.1, 0.15) is 5.76 Å². The van der Waals surface area contributed by atoms with Gasteiger partial charge in [-0.3, -0.25) is 14.5 Å². The van der Waals surface area contributed by atoms with Crippen molar-refractivity contribution in [3.05, 3.63) is 83.6 Å². The van der Waals surface area contributed by atoms with Crippen LogP contribution in [0.2, 0.25) is 0 Å². The molecule has 1 aromatic heterocycles. The highest BCUT2D eigenvalue weighted by Crippen LogP contribution is 2.27. The third-order valence-corrected chi connectivity index (χ3v) is 5.84. The van der Waals surface area contributed by atoms with Crippen molar-refractivity contribution < 1.29 is 18.8 Å². The van der Waals surface area contributed by atoms with E-state index in [-0.39, 0.29) is 18.4 Å². The van der Waals surface area contributed by atoms with E-state index in [4.69, 9.17) is 9.26 Å². The van der Waals surface area contributed by atoms with E-state index in [0.717, 1.165) is 24.2 Å². The maximum atomic E-state index is 14.0. The van der Waals surface area contributed by atoms with Crippen molar-refractivity contribution in [1.82, 2.24) is 15.0 Å². The average Bonchev–Trinajstić information content (AvgIpc) is 3.28. The molecule has 3 aromatic rings. The molecule has 178 valence electrons. The van der Waals surface area contributed by atoms with Crippen molar-refractivity contribution in [1.29, 1.82) is 0 Å². The molecule has 0 saturated carbocycles. The van der Waals surface area contributed by atoms with Crippen molar-refractivity contribution in [2.75, 3.05) is 51.3 Å². The molecule has 0 unspecified atom stereocenters. The molecule has 0 atom stereocenters. The summed E-state index contributed by atoms with van der Waals surface area (Å²) in [4.78, 5) is 30.7. The van der Waals surface area contributed by atoms with Gasteiger partial charge in [-0.05, 0) is 18.1 Å². The lowest BCUT2D eigenvalue weighted by atomic mass is 9.90. The van der Waals surface area contributed by atoms with Crippen LogP contribution in [0.15, 0.2) is 71.3 Å². The Morgan fingerprint density at radius 3 is 2.21 bits per heavy atom. The largest absolute Gasteiger partial charge is 0.379 e. The summed E-state index contributed by atoms with van der Waals surface area (Å²) in [5.41, 5.74) is 1.78.